The number of carbonyl (C=O) groups is 4. The van der Waals surface area contributed by atoms with Crippen LogP contribution in [-0.4, -0.2) is 93.6 Å². The van der Waals surface area contributed by atoms with Gasteiger partial charge in [-0.3, -0.25) is 9.59 Å². The first kappa shape index (κ1) is 44.2. The highest BCUT2D eigenvalue weighted by atomic mass is 16.5. The first-order valence-corrected chi connectivity index (χ1v) is 21.1. The van der Waals surface area contributed by atoms with E-state index in [1.54, 1.807) is 22.2 Å². The Morgan fingerprint density at radius 2 is 1.62 bits per heavy atom. The summed E-state index contributed by atoms with van der Waals surface area (Å²) in [5, 5.41) is 7.31. The van der Waals surface area contributed by atoms with E-state index in [1.807, 2.05) is 32.9 Å². The van der Waals surface area contributed by atoms with E-state index in [0.717, 1.165) is 75.2 Å². The number of benzene rings is 3. The molecule has 0 bridgehead atoms. The molecule has 324 valence electrons. The van der Waals surface area contributed by atoms with Crippen LogP contribution in [0.25, 0.3) is 33.3 Å². The zero-order valence-electron chi connectivity index (χ0n) is 36.4. The lowest BCUT2D eigenvalue weighted by Crippen LogP contribution is -2.51. The Labute approximate surface area is 357 Å². The molecule has 1 fully saturated rings. The quantitative estimate of drug-likeness (QED) is 0.0958. The standard InChI is InChI=1S/C43H50N8O7.C3H8/c1-7-16-50(41(53)39(24(2)3)49-43(55)57-6)23-36-44-20-31(47-36)27-11-14-30-26(18-27)12-15-34-38(30)25(4)29-13-10-28(19-35(29)58-34)32-21-45-40(48-32)33-9-8-17-51(33)37(52)22-46-42(54)56-5;1-3-2/h10-15,18-21,24-25,33,39H,7-9,16-17,22-23H2,1-6H3,(H,44,47)(H,45,48)(H,46,54)(H,49,55);3H2,1-2H3/t25?,33-,39?;/m0./s1. The van der Waals surface area contributed by atoms with Crippen LogP contribution in [-0.2, 0) is 25.6 Å². The molecule has 2 aromatic heterocycles. The number of likely N-dealkylation sites (tertiary alicyclic amines) is 1. The van der Waals surface area contributed by atoms with Gasteiger partial charge in [-0.25, -0.2) is 19.6 Å². The van der Waals surface area contributed by atoms with Crippen molar-refractivity contribution in [2.75, 3.05) is 33.9 Å². The maximum Gasteiger partial charge on any atom is 0.407 e. The van der Waals surface area contributed by atoms with Gasteiger partial charge in [0.05, 0.1) is 50.6 Å². The highest BCUT2D eigenvalue weighted by Gasteiger charge is 2.33. The van der Waals surface area contributed by atoms with Crippen molar-refractivity contribution >= 4 is 34.8 Å². The minimum absolute atomic E-state index is 0.0560. The van der Waals surface area contributed by atoms with E-state index in [9.17, 15) is 19.2 Å². The van der Waals surface area contributed by atoms with E-state index in [-0.39, 0.29) is 42.8 Å². The molecule has 4 N–H and O–H groups in total. The fourth-order valence-electron chi connectivity index (χ4n) is 7.99. The summed E-state index contributed by atoms with van der Waals surface area (Å²) in [7, 11) is 2.55. The van der Waals surface area contributed by atoms with E-state index in [1.165, 1.54) is 20.6 Å². The van der Waals surface area contributed by atoms with Gasteiger partial charge in [0.2, 0.25) is 11.8 Å². The van der Waals surface area contributed by atoms with E-state index in [4.69, 9.17) is 9.47 Å². The smallest absolute Gasteiger partial charge is 0.407 e. The van der Waals surface area contributed by atoms with Crippen molar-refractivity contribution in [1.82, 2.24) is 40.4 Å². The van der Waals surface area contributed by atoms with Gasteiger partial charge >= 0.3 is 12.2 Å². The largest absolute Gasteiger partial charge is 0.457 e. The van der Waals surface area contributed by atoms with E-state index in [2.05, 4.69) is 92.5 Å². The molecule has 0 saturated carbocycles. The summed E-state index contributed by atoms with van der Waals surface area (Å²) >= 11 is 0. The SMILES string of the molecule is CCC.CCCN(Cc1ncc(-c2ccc3c4c(ccc3c2)Oc2cc(-c3cnc([C@@H]5CCCN5C(=O)CNC(=O)OC)[nH]3)ccc2C4C)[nH]1)C(=O)C(NC(=O)OC)C(C)C. The molecule has 7 rings (SSSR count). The summed E-state index contributed by atoms with van der Waals surface area (Å²) in [4.78, 5) is 69.5. The molecular formula is C46H58N8O7. The summed E-state index contributed by atoms with van der Waals surface area (Å²) in [5.41, 5.74) is 5.71. The molecule has 2 unspecified atom stereocenters. The Kier molecular flexibility index (Phi) is 14.3. The molecule has 2 aliphatic rings. The molecule has 1 saturated heterocycles. The predicted molar refractivity (Wildman–Crippen MR) is 233 cm³/mol. The number of fused-ring (bicyclic) bond motifs is 4. The molecule has 0 aliphatic carbocycles. The van der Waals surface area contributed by atoms with Gasteiger partial charge in [0.1, 0.15) is 35.7 Å². The molecule has 4 amide bonds. The number of rotatable bonds is 12. The summed E-state index contributed by atoms with van der Waals surface area (Å²) in [6, 6.07) is 15.7. The van der Waals surface area contributed by atoms with Crippen molar-refractivity contribution in [2.45, 2.75) is 91.8 Å². The van der Waals surface area contributed by atoms with Gasteiger partial charge in [-0.2, -0.15) is 0 Å². The van der Waals surface area contributed by atoms with Crippen molar-refractivity contribution in [2.24, 2.45) is 5.92 Å². The zero-order valence-corrected chi connectivity index (χ0v) is 36.4. The number of amides is 4. The van der Waals surface area contributed by atoms with Gasteiger partial charge < -0.3 is 44.6 Å². The maximum atomic E-state index is 13.5. The van der Waals surface area contributed by atoms with E-state index >= 15 is 0 Å². The summed E-state index contributed by atoms with van der Waals surface area (Å²) in [6.07, 6.45) is 5.90. The third kappa shape index (κ3) is 9.82. The van der Waals surface area contributed by atoms with Crippen LogP contribution in [0.15, 0.2) is 60.9 Å². The number of ether oxygens (including phenoxy) is 3. The van der Waals surface area contributed by atoms with Gasteiger partial charge in [0, 0.05) is 41.3 Å². The highest BCUT2D eigenvalue weighted by Crippen LogP contribution is 2.48. The first-order chi connectivity index (χ1) is 29.4. The van der Waals surface area contributed by atoms with Gasteiger partial charge in [0.15, 0.2) is 0 Å². The van der Waals surface area contributed by atoms with Crippen molar-refractivity contribution < 1.29 is 33.4 Å². The zero-order chi connectivity index (χ0) is 43.8. The van der Waals surface area contributed by atoms with Crippen LogP contribution in [0.3, 0.4) is 0 Å². The molecule has 61 heavy (non-hydrogen) atoms. The monoisotopic (exact) mass is 834 g/mol. The maximum absolute atomic E-state index is 13.5. The van der Waals surface area contributed by atoms with Gasteiger partial charge in [-0.05, 0) is 54.2 Å². The molecule has 5 aromatic rings. The average molecular weight is 835 g/mol. The van der Waals surface area contributed by atoms with Crippen LogP contribution in [0.5, 0.6) is 11.5 Å². The fourth-order valence-corrected chi connectivity index (χ4v) is 7.99. The number of carbonyl (C=O) groups excluding carboxylic acids is 4. The lowest BCUT2D eigenvalue weighted by molar-refractivity contribution is -0.135. The molecule has 0 radical (unpaired) electrons. The van der Waals surface area contributed by atoms with E-state index in [0.29, 0.717) is 24.7 Å². The molecule has 4 heterocycles. The second-order valence-corrected chi connectivity index (χ2v) is 15.8. The number of aromatic amines is 2. The Morgan fingerprint density at radius 1 is 0.918 bits per heavy atom. The minimum Gasteiger partial charge on any atom is -0.457 e. The molecule has 3 atom stereocenters. The second kappa shape index (κ2) is 19.8. The van der Waals surface area contributed by atoms with Crippen LogP contribution in [0, 0.1) is 5.92 Å². The number of aromatic nitrogens is 4. The topological polar surface area (TPSA) is 184 Å². The number of imidazole rings is 2. The van der Waals surface area contributed by atoms with Crippen molar-refractivity contribution in [3.05, 3.63) is 83.7 Å². The number of alkyl carbamates (subject to hydrolysis) is 2. The van der Waals surface area contributed by atoms with Crippen LogP contribution in [0.4, 0.5) is 9.59 Å². The summed E-state index contributed by atoms with van der Waals surface area (Å²) in [5.74, 6) is 2.48. The van der Waals surface area contributed by atoms with Gasteiger partial charge in [-0.1, -0.05) is 78.3 Å². The van der Waals surface area contributed by atoms with Crippen molar-refractivity contribution in [3.63, 3.8) is 0 Å². The van der Waals surface area contributed by atoms with Crippen LogP contribution in [0.1, 0.15) is 102 Å². The number of H-pyrrole nitrogens is 2. The van der Waals surface area contributed by atoms with Crippen molar-refractivity contribution in [1.29, 1.82) is 0 Å². The Bertz CT molecular complexity index is 2350. The number of hydrogen-bond donors (Lipinski definition) is 4. The number of nitrogens with one attached hydrogen (secondary N) is 4. The first-order valence-electron chi connectivity index (χ1n) is 21.1. The normalized spacial score (nSPS) is 15.8. The lowest BCUT2D eigenvalue weighted by atomic mass is 9.85. The number of hydrogen-bond acceptors (Lipinski definition) is 9. The predicted octanol–water partition coefficient (Wildman–Crippen LogP) is 8.43. The van der Waals surface area contributed by atoms with Crippen LogP contribution >= 0.6 is 0 Å². The van der Waals surface area contributed by atoms with Gasteiger partial charge in [0.25, 0.3) is 0 Å². The average Bonchev–Trinajstić information content (AvgIpc) is 4.06. The third-order valence-electron chi connectivity index (χ3n) is 11.0. The highest BCUT2D eigenvalue weighted by molar-refractivity contribution is 5.93. The molecule has 2 aliphatic heterocycles. The minimum atomic E-state index is -0.719. The van der Waals surface area contributed by atoms with Gasteiger partial charge in [-0.15, -0.1) is 0 Å². The molecular weight excluding hydrogens is 777 g/mol. The third-order valence-corrected chi connectivity index (χ3v) is 11.0. The van der Waals surface area contributed by atoms with Crippen molar-refractivity contribution in [3.8, 4) is 34.0 Å². The van der Waals surface area contributed by atoms with Crippen LogP contribution < -0.4 is 15.4 Å². The lowest BCUT2D eigenvalue weighted by Gasteiger charge is -2.28. The Balaban J connectivity index is 0.00000201. The Morgan fingerprint density at radius 3 is 2.34 bits per heavy atom. The van der Waals surface area contributed by atoms with Crippen LogP contribution in [0.2, 0.25) is 0 Å². The number of methoxy groups -OCH3 is 2. The fraction of sp³-hybridized carbons (Fsp3) is 0.435. The van der Waals surface area contributed by atoms with E-state index < -0.39 is 18.2 Å². The summed E-state index contributed by atoms with van der Waals surface area (Å²) < 4.78 is 15.9. The molecule has 15 nitrogen and oxygen atoms in total. The Hall–Kier alpha value is -6.38. The summed E-state index contributed by atoms with van der Waals surface area (Å²) in [6.45, 7) is 13.5. The molecule has 3 aromatic carbocycles. The molecule has 0 spiro atoms. The second-order valence-electron chi connectivity index (χ2n) is 15.8. The number of nitrogens with zero attached hydrogens (tertiary/aromatic N) is 4. The molecule has 15 heteroatoms.